The lowest BCUT2D eigenvalue weighted by molar-refractivity contribution is 0.0526. The Bertz CT molecular complexity index is 498. The molecule has 2 rings (SSSR count). The summed E-state index contributed by atoms with van der Waals surface area (Å²) in [5.41, 5.74) is 0.875. The maximum absolute atomic E-state index is 11.5. The standard InChI is InChI=1S/C13H12ClNO2/c1-2-17-13(16)11-8-7-10(15-12(11)14)6-5-9-3-4-9/h7-9H,2-4H2,1H3. The number of halogens is 1. The molecular formula is C13H12ClNO2. The van der Waals surface area contributed by atoms with Crippen molar-refractivity contribution < 1.29 is 9.53 Å². The number of hydrogen-bond acceptors (Lipinski definition) is 3. The van der Waals surface area contributed by atoms with Crippen LogP contribution in [0.3, 0.4) is 0 Å². The number of hydrogen-bond donors (Lipinski definition) is 0. The van der Waals surface area contributed by atoms with Crippen molar-refractivity contribution >= 4 is 17.6 Å². The molecule has 1 aromatic rings. The van der Waals surface area contributed by atoms with Crippen LogP contribution in [0.2, 0.25) is 5.15 Å². The van der Waals surface area contributed by atoms with E-state index in [4.69, 9.17) is 16.3 Å². The molecule has 1 saturated carbocycles. The summed E-state index contributed by atoms with van der Waals surface area (Å²) >= 11 is 5.91. The molecule has 1 fully saturated rings. The summed E-state index contributed by atoms with van der Waals surface area (Å²) < 4.78 is 4.86. The quantitative estimate of drug-likeness (QED) is 0.460. The second-order valence-electron chi connectivity index (χ2n) is 3.80. The van der Waals surface area contributed by atoms with Gasteiger partial charge in [0.15, 0.2) is 0 Å². The maximum atomic E-state index is 11.5. The molecule has 88 valence electrons. The first-order valence-corrected chi connectivity index (χ1v) is 5.93. The van der Waals surface area contributed by atoms with E-state index in [1.807, 2.05) is 0 Å². The summed E-state index contributed by atoms with van der Waals surface area (Å²) in [6, 6.07) is 3.29. The molecule has 0 spiro atoms. The molecule has 17 heavy (non-hydrogen) atoms. The second kappa shape index (κ2) is 5.20. The Morgan fingerprint density at radius 1 is 1.59 bits per heavy atom. The van der Waals surface area contributed by atoms with E-state index >= 15 is 0 Å². The Balaban J connectivity index is 2.16. The van der Waals surface area contributed by atoms with Crippen LogP contribution in [0, 0.1) is 17.8 Å². The highest BCUT2D eigenvalue weighted by Crippen LogP contribution is 2.27. The Morgan fingerprint density at radius 3 is 2.94 bits per heavy atom. The third-order valence-electron chi connectivity index (χ3n) is 2.33. The van der Waals surface area contributed by atoms with Crippen LogP contribution < -0.4 is 0 Å². The third kappa shape index (κ3) is 3.21. The molecule has 0 radical (unpaired) electrons. The molecule has 0 amide bonds. The number of pyridine rings is 1. The molecule has 0 saturated heterocycles. The normalized spacial score (nSPS) is 13.8. The van der Waals surface area contributed by atoms with Gasteiger partial charge in [-0.3, -0.25) is 0 Å². The van der Waals surface area contributed by atoms with Gasteiger partial charge in [0.1, 0.15) is 10.8 Å². The number of carbonyl (C=O) groups excluding carboxylic acids is 1. The van der Waals surface area contributed by atoms with E-state index in [-0.39, 0.29) is 10.7 Å². The van der Waals surface area contributed by atoms with Gasteiger partial charge in [-0.15, -0.1) is 0 Å². The molecule has 4 heteroatoms. The average Bonchev–Trinajstić information content (AvgIpc) is 3.10. The molecule has 0 aromatic carbocycles. The van der Waals surface area contributed by atoms with Gasteiger partial charge < -0.3 is 4.74 Å². The number of esters is 1. The highest BCUT2D eigenvalue weighted by atomic mass is 35.5. The molecule has 1 aliphatic carbocycles. The van der Waals surface area contributed by atoms with Crippen LogP contribution in [-0.4, -0.2) is 17.6 Å². The first kappa shape index (κ1) is 11.9. The third-order valence-corrected chi connectivity index (χ3v) is 2.61. The van der Waals surface area contributed by atoms with Gasteiger partial charge in [-0.2, -0.15) is 0 Å². The minimum absolute atomic E-state index is 0.144. The first-order chi connectivity index (χ1) is 8.20. The predicted octanol–water partition coefficient (Wildman–Crippen LogP) is 2.67. The van der Waals surface area contributed by atoms with Crippen molar-refractivity contribution in [2.45, 2.75) is 19.8 Å². The topological polar surface area (TPSA) is 39.2 Å². The molecule has 1 aromatic heterocycles. The van der Waals surface area contributed by atoms with Gasteiger partial charge in [0.05, 0.1) is 12.2 Å². The van der Waals surface area contributed by atoms with Crippen LogP contribution in [0.15, 0.2) is 12.1 Å². The Labute approximate surface area is 105 Å². The summed E-state index contributed by atoms with van der Waals surface area (Å²) in [5, 5.41) is 0.144. The molecule has 0 N–H and O–H groups in total. The zero-order valence-corrected chi connectivity index (χ0v) is 10.3. The zero-order valence-electron chi connectivity index (χ0n) is 9.50. The van der Waals surface area contributed by atoms with Crippen molar-refractivity contribution in [3.63, 3.8) is 0 Å². The maximum Gasteiger partial charge on any atom is 0.341 e. The molecule has 3 nitrogen and oxygen atoms in total. The van der Waals surface area contributed by atoms with E-state index in [0.29, 0.717) is 18.2 Å². The van der Waals surface area contributed by atoms with Crippen LogP contribution in [0.25, 0.3) is 0 Å². The molecule has 0 atom stereocenters. The van der Waals surface area contributed by atoms with E-state index < -0.39 is 5.97 Å². The van der Waals surface area contributed by atoms with Crippen molar-refractivity contribution in [2.75, 3.05) is 6.61 Å². The van der Waals surface area contributed by atoms with E-state index in [9.17, 15) is 4.79 Å². The zero-order chi connectivity index (χ0) is 12.3. The minimum atomic E-state index is -0.452. The fourth-order valence-corrected chi connectivity index (χ4v) is 1.50. The van der Waals surface area contributed by atoms with Crippen LogP contribution in [-0.2, 0) is 4.74 Å². The van der Waals surface area contributed by atoms with Crippen LogP contribution >= 0.6 is 11.6 Å². The van der Waals surface area contributed by atoms with Gasteiger partial charge >= 0.3 is 5.97 Å². The predicted molar refractivity (Wildman–Crippen MR) is 64.8 cm³/mol. The van der Waals surface area contributed by atoms with E-state index in [2.05, 4.69) is 16.8 Å². The monoisotopic (exact) mass is 249 g/mol. The molecule has 0 unspecified atom stereocenters. The van der Waals surface area contributed by atoms with Gasteiger partial charge in [-0.05, 0) is 37.8 Å². The summed E-state index contributed by atoms with van der Waals surface area (Å²) in [6.07, 6.45) is 2.34. The second-order valence-corrected chi connectivity index (χ2v) is 4.16. The highest BCUT2D eigenvalue weighted by molar-refractivity contribution is 6.32. The summed E-state index contributed by atoms with van der Waals surface area (Å²) in [7, 11) is 0. The van der Waals surface area contributed by atoms with Crippen molar-refractivity contribution in [1.29, 1.82) is 0 Å². The van der Waals surface area contributed by atoms with E-state index in [0.717, 1.165) is 0 Å². The number of ether oxygens (including phenoxy) is 1. The summed E-state index contributed by atoms with van der Waals surface area (Å²) in [4.78, 5) is 15.5. The number of aromatic nitrogens is 1. The lowest BCUT2D eigenvalue weighted by Gasteiger charge is -2.03. The van der Waals surface area contributed by atoms with Gasteiger partial charge in [0, 0.05) is 5.92 Å². The molecule has 0 aliphatic heterocycles. The first-order valence-electron chi connectivity index (χ1n) is 5.56. The average molecular weight is 250 g/mol. The summed E-state index contributed by atoms with van der Waals surface area (Å²) in [6.45, 7) is 2.06. The van der Waals surface area contributed by atoms with Crippen LogP contribution in [0.5, 0.6) is 0 Å². The smallest absolute Gasteiger partial charge is 0.341 e. The van der Waals surface area contributed by atoms with Gasteiger partial charge in [0.25, 0.3) is 0 Å². The fourth-order valence-electron chi connectivity index (χ4n) is 1.27. The number of nitrogens with zero attached hydrogens (tertiary/aromatic N) is 1. The van der Waals surface area contributed by atoms with Gasteiger partial charge in [-0.25, -0.2) is 9.78 Å². The Hall–Kier alpha value is -1.53. The Kier molecular flexibility index (Phi) is 3.65. The molecule has 0 bridgehead atoms. The number of carbonyl (C=O) groups is 1. The fraction of sp³-hybridized carbons (Fsp3) is 0.385. The lowest BCUT2D eigenvalue weighted by Crippen LogP contribution is -2.06. The molecule has 1 aliphatic rings. The van der Waals surface area contributed by atoms with Crippen LogP contribution in [0.4, 0.5) is 0 Å². The highest BCUT2D eigenvalue weighted by Gasteiger charge is 2.18. The van der Waals surface area contributed by atoms with Crippen molar-refractivity contribution in [1.82, 2.24) is 4.98 Å². The van der Waals surface area contributed by atoms with Crippen molar-refractivity contribution in [3.8, 4) is 11.8 Å². The summed E-state index contributed by atoms with van der Waals surface area (Å²) in [5.74, 6) is 6.10. The van der Waals surface area contributed by atoms with Crippen molar-refractivity contribution in [2.24, 2.45) is 5.92 Å². The Morgan fingerprint density at radius 2 is 2.35 bits per heavy atom. The SMILES string of the molecule is CCOC(=O)c1ccc(C#CC2CC2)nc1Cl. The number of rotatable bonds is 2. The van der Waals surface area contributed by atoms with Gasteiger partial charge in [-0.1, -0.05) is 17.5 Å². The van der Waals surface area contributed by atoms with Crippen molar-refractivity contribution in [3.05, 3.63) is 28.5 Å². The van der Waals surface area contributed by atoms with E-state index in [1.165, 1.54) is 12.8 Å². The van der Waals surface area contributed by atoms with Crippen LogP contribution in [0.1, 0.15) is 35.8 Å². The lowest BCUT2D eigenvalue weighted by atomic mass is 10.2. The largest absolute Gasteiger partial charge is 0.462 e. The molecule has 1 heterocycles. The van der Waals surface area contributed by atoms with E-state index in [1.54, 1.807) is 19.1 Å². The minimum Gasteiger partial charge on any atom is -0.462 e. The molecular weight excluding hydrogens is 238 g/mol. The van der Waals surface area contributed by atoms with Gasteiger partial charge in [0.2, 0.25) is 0 Å².